The minimum atomic E-state index is -4.52. The highest BCUT2D eigenvalue weighted by Crippen LogP contribution is 2.26. The van der Waals surface area contributed by atoms with Gasteiger partial charge in [0, 0.05) is 12.5 Å². The molecule has 1 saturated heterocycles. The van der Waals surface area contributed by atoms with E-state index in [-0.39, 0.29) is 11.9 Å². The zero-order chi connectivity index (χ0) is 10.9. The molecule has 2 rings (SSSR count). The minimum Gasteiger partial charge on any atom is -0.339 e. The number of hydrogen-bond acceptors (Lipinski definition) is 4. The lowest BCUT2D eigenvalue weighted by atomic mass is 10.1. The van der Waals surface area contributed by atoms with E-state index in [4.69, 9.17) is 0 Å². The molecule has 1 aliphatic rings. The van der Waals surface area contributed by atoms with Gasteiger partial charge in [-0.15, -0.1) is 0 Å². The highest BCUT2D eigenvalue weighted by molar-refractivity contribution is 4.93. The predicted octanol–water partition coefficient (Wildman–Crippen LogP) is 1.38. The van der Waals surface area contributed by atoms with Crippen LogP contribution in [0.2, 0.25) is 0 Å². The van der Waals surface area contributed by atoms with Gasteiger partial charge in [-0.05, 0) is 19.4 Å². The molecule has 4 nitrogen and oxygen atoms in total. The Hall–Kier alpha value is -1.11. The van der Waals surface area contributed by atoms with Crippen molar-refractivity contribution < 1.29 is 17.7 Å². The number of aromatic nitrogens is 2. The standard InChI is InChI=1S/C8H10F3N3O/c9-8(10,11)7-13-6(15-14-7)4-5-2-1-3-12-5/h5,12H,1-4H2. The van der Waals surface area contributed by atoms with Gasteiger partial charge < -0.3 is 9.84 Å². The summed E-state index contributed by atoms with van der Waals surface area (Å²) in [5, 5.41) is 6.03. The summed E-state index contributed by atoms with van der Waals surface area (Å²) in [6.07, 6.45) is -2.19. The summed E-state index contributed by atoms with van der Waals surface area (Å²) in [6.45, 7) is 0.894. The third-order valence-corrected chi connectivity index (χ3v) is 2.31. The molecule has 1 fully saturated rings. The molecule has 0 aromatic carbocycles. The van der Waals surface area contributed by atoms with Crippen LogP contribution in [0.15, 0.2) is 4.52 Å². The fraction of sp³-hybridized carbons (Fsp3) is 0.750. The van der Waals surface area contributed by atoms with Gasteiger partial charge in [-0.3, -0.25) is 0 Å². The molecule has 1 aromatic heterocycles. The van der Waals surface area contributed by atoms with Crippen LogP contribution in [0.5, 0.6) is 0 Å². The molecule has 7 heteroatoms. The van der Waals surface area contributed by atoms with E-state index in [0.717, 1.165) is 19.4 Å². The quantitative estimate of drug-likeness (QED) is 0.819. The molecule has 0 aliphatic carbocycles. The third kappa shape index (κ3) is 2.47. The average Bonchev–Trinajstić information content (AvgIpc) is 2.73. The highest BCUT2D eigenvalue weighted by atomic mass is 19.4. The van der Waals surface area contributed by atoms with Gasteiger partial charge >= 0.3 is 6.18 Å². The van der Waals surface area contributed by atoms with E-state index in [1.54, 1.807) is 0 Å². The fourth-order valence-electron chi connectivity index (χ4n) is 1.59. The first-order valence-electron chi connectivity index (χ1n) is 4.69. The number of nitrogens with zero attached hydrogens (tertiary/aromatic N) is 2. The van der Waals surface area contributed by atoms with Crippen molar-refractivity contribution in [2.45, 2.75) is 31.5 Å². The minimum absolute atomic E-state index is 0.0433. The van der Waals surface area contributed by atoms with Gasteiger partial charge in [0.05, 0.1) is 0 Å². The number of alkyl halides is 3. The summed E-state index contributed by atoms with van der Waals surface area (Å²) < 4.78 is 40.9. The van der Waals surface area contributed by atoms with Gasteiger partial charge in [0.15, 0.2) is 0 Å². The molecule has 0 spiro atoms. The molecular weight excluding hydrogens is 211 g/mol. The maximum absolute atomic E-state index is 12.1. The molecular formula is C8H10F3N3O. The summed E-state index contributed by atoms with van der Waals surface area (Å²) in [5.41, 5.74) is 0. The van der Waals surface area contributed by atoms with Crippen molar-refractivity contribution in [3.63, 3.8) is 0 Å². The average molecular weight is 221 g/mol. The monoisotopic (exact) mass is 221 g/mol. The van der Waals surface area contributed by atoms with Crippen LogP contribution in [0, 0.1) is 0 Å². The third-order valence-electron chi connectivity index (χ3n) is 2.31. The van der Waals surface area contributed by atoms with Crippen molar-refractivity contribution in [3.05, 3.63) is 11.7 Å². The van der Waals surface area contributed by atoms with Crippen LogP contribution in [-0.2, 0) is 12.6 Å². The van der Waals surface area contributed by atoms with Crippen molar-refractivity contribution in [2.24, 2.45) is 0 Å². The molecule has 0 bridgehead atoms. The first kappa shape index (κ1) is 10.4. The smallest absolute Gasteiger partial charge is 0.339 e. The maximum atomic E-state index is 12.1. The Morgan fingerprint density at radius 2 is 2.27 bits per heavy atom. The van der Waals surface area contributed by atoms with Crippen molar-refractivity contribution in [1.29, 1.82) is 0 Å². The SMILES string of the molecule is FC(F)(F)c1noc(CC2CCCN2)n1. The lowest BCUT2D eigenvalue weighted by Gasteiger charge is -2.04. The highest BCUT2D eigenvalue weighted by Gasteiger charge is 2.37. The van der Waals surface area contributed by atoms with Crippen LogP contribution >= 0.6 is 0 Å². The van der Waals surface area contributed by atoms with E-state index >= 15 is 0 Å². The molecule has 0 saturated carbocycles. The topological polar surface area (TPSA) is 51.0 Å². The Balaban J connectivity index is 2.00. The number of halogens is 3. The van der Waals surface area contributed by atoms with Gasteiger partial charge in [-0.1, -0.05) is 5.16 Å². The van der Waals surface area contributed by atoms with Gasteiger partial charge in [-0.25, -0.2) is 0 Å². The van der Waals surface area contributed by atoms with Crippen molar-refractivity contribution >= 4 is 0 Å². The Labute approximate surface area is 83.8 Å². The van der Waals surface area contributed by atoms with Gasteiger partial charge in [-0.2, -0.15) is 18.2 Å². The van der Waals surface area contributed by atoms with Crippen LogP contribution in [-0.4, -0.2) is 22.7 Å². The first-order valence-corrected chi connectivity index (χ1v) is 4.69. The van der Waals surface area contributed by atoms with Gasteiger partial charge in [0.2, 0.25) is 5.89 Å². The largest absolute Gasteiger partial charge is 0.455 e. The van der Waals surface area contributed by atoms with Gasteiger partial charge in [0.25, 0.3) is 5.82 Å². The second kappa shape index (κ2) is 3.80. The summed E-state index contributed by atoms with van der Waals surface area (Å²) in [7, 11) is 0. The molecule has 1 N–H and O–H groups in total. The van der Waals surface area contributed by atoms with E-state index in [9.17, 15) is 13.2 Å². The van der Waals surface area contributed by atoms with Crippen LogP contribution in [0.4, 0.5) is 13.2 Å². The van der Waals surface area contributed by atoms with E-state index in [2.05, 4.69) is 20.0 Å². The fourth-order valence-corrected chi connectivity index (χ4v) is 1.59. The number of hydrogen-bond donors (Lipinski definition) is 1. The number of nitrogens with one attached hydrogen (secondary N) is 1. The molecule has 15 heavy (non-hydrogen) atoms. The van der Waals surface area contributed by atoms with Crippen LogP contribution < -0.4 is 5.32 Å². The maximum Gasteiger partial charge on any atom is 0.455 e. The van der Waals surface area contributed by atoms with Crippen LogP contribution in [0.3, 0.4) is 0 Å². The first-order chi connectivity index (χ1) is 7.05. The lowest BCUT2D eigenvalue weighted by molar-refractivity contribution is -0.146. The summed E-state index contributed by atoms with van der Waals surface area (Å²) in [6, 6.07) is 0.159. The second-order valence-corrected chi connectivity index (χ2v) is 3.51. The molecule has 84 valence electrons. The van der Waals surface area contributed by atoms with E-state index in [1.807, 2.05) is 0 Å². The Morgan fingerprint density at radius 3 is 2.80 bits per heavy atom. The van der Waals surface area contributed by atoms with Crippen LogP contribution in [0.25, 0.3) is 0 Å². The molecule has 0 amide bonds. The zero-order valence-corrected chi connectivity index (χ0v) is 7.84. The van der Waals surface area contributed by atoms with Crippen LogP contribution in [0.1, 0.15) is 24.6 Å². The van der Waals surface area contributed by atoms with Crippen molar-refractivity contribution in [2.75, 3.05) is 6.54 Å². The van der Waals surface area contributed by atoms with E-state index in [1.165, 1.54) is 0 Å². The molecule has 1 atom stereocenters. The van der Waals surface area contributed by atoms with Gasteiger partial charge in [0.1, 0.15) is 0 Å². The molecule has 1 unspecified atom stereocenters. The molecule has 1 aliphatic heterocycles. The number of rotatable bonds is 2. The Morgan fingerprint density at radius 1 is 1.47 bits per heavy atom. The Bertz CT molecular complexity index is 330. The Kier molecular flexibility index (Phi) is 2.64. The molecule has 2 heterocycles. The summed E-state index contributed by atoms with van der Waals surface area (Å²) >= 11 is 0. The second-order valence-electron chi connectivity index (χ2n) is 3.51. The van der Waals surface area contributed by atoms with Crippen molar-refractivity contribution in [1.82, 2.24) is 15.5 Å². The predicted molar refractivity (Wildman–Crippen MR) is 44.0 cm³/mol. The molecule has 1 aromatic rings. The lowest BCUT2D eigenvalue weighted by Crippen LogP contribution is -2.23. The zero-order valence-electron chi connectivity index (χ0n) is 7.84. The molecule has 0 radical (unpaired) electrons. The van der Waals surface area contributed by atoms with E-state index in [0.29, 0.717) is 6.42 Å². The summed E-state index contributed by atoms with van der Waals surface area (Å²) in [4.78, 5) is 3.30. The summed E-state index contributed by atoms with van der Waals surface area (Å²) in [5.74, 6) is -1.16. The normalized spacial score (nSPS) is 22.2. The van der Waals surface area contributed by atoms with Crippen molar-refractivity contribution in [3.8, 4) is 0 Å². The van der Waals surface area contributed by atoms with E-state index < -0.39 is 12.0 Å².